The molecule has 1 saturated carbocycles. The van der Waals surface area contributed by atoms with Gasteiger partial charge >= 0.3 is 0 Å². The van der Waals surface area contributed by atoms with Crippen LogP contribution in [0.2, 0.25) is 0 Å². The number of carbonyl (C=O) groups is 2. The van der Waals surface area contributed by atoms with Crippen molar-refractivity contribution in [1.82, 2.24) is 10.0 Å². The van der Waals surface area contributed by atoms with Crippen molar-refractivity contribution in [1.29, 1.82) is 0 Å². The fourth-order valence-electron chi connectivity index (χ4n) is 3.36. The van der Waals surface area contributed by atoms with Gasteiger partial charge in [0.05, 0.1) is 11.1 Å². The Hall–Kier alpha value is -1.68. The minimum Gasteiger partial charge on any atom is -0.267 e. The SMILES string of the molecule is O=C1c2ccccc2C(=O)N1N1[C@H]2CCCC[C@@H]21. The Morgan fingerprint density at radius 2 is 1.39 bits per heavy atom. The second-order valence-electron chi connectivity index (χ2n) is 5.27. The number of hydrogen-bond donors (Lipinski definition) is 0. The van der Waals surface area contributed by atoms with E-state index in [0.29, 0.717) is 23.2 Å². The zero-order valence-electron chi connectivity index (χ0n) is 10.0. The molecule has 92 valence electrons. The maximum Gasteiger partial charge on any atom is 0.276 e. The van der Waals surface area contributed by atoms with Crippen LogP contribution in [-0.4, -0.2) is 33.9 Å². The third kappa shape index (κ3) is 1.18. The van der Waals surface area contributed by atoms with Crippen LogP contribution in [0.5, 0.6) is 0 Å². The van der Waals surface area contributed by atoms with Crippen LogP contribution in [-0.2, 0) is 0 Å². The van der Waals surface area contributed by atoms with E-state index in [-0.39, 0.29) is 11.8 Å². The molecule has 4 rings (SSSR count). The van der Waals surface area contributed by atoms with Crippen LogP contribution in [0.1, 0.15) is 46.4 Å². The molecule has 0 radical (unpaired) electrons. The third-order valence-electron chi connectivity index (χ3n) is 4.29. The first-order chi connectivity index (χ1) is 8.79. The largest absolute Gasteiger partial charge is 0.276 e. The van der Waals surface area contributed by atoms with Gasteiger partial charge in [0.2, 0.25) is 0 Å². The predicted molar refractivity (Wildman–Crippen MR) is 64.8 cm³/mol. The van der Waals surface area contributed by atoms with Gasteiger partial charge in [0.15, 0.2) is 0 Å². The van der Waals surface area contributed by atoms with Crippen molar-refractivity contribution in [2.75, 3.05) is 0 Å². The molecule has 2 heterocycles. The minimum absolute atomic E-state index is 0.148. The molecule has 1 aromatic carbocycles. The van der Waals surface area contributed by atoms with Gasteiger partial charge < -0.3 is 0 Å². The second-order valence-corrected chi connectivity index (χ2v) is 5.27. The first-order valence-corrected chi connectivity index (χ1v) is 6.55. The van der Waals surface area contributed by atoms with Crippen LogP contribution in [0.15, 0.2) is 24.3 Å². The van der Waals surface area contributed by atoms with Gasteiger partial charge in [0.25, 0.3) is 11.8 Å². The van der Waals surface area contributed by atoms with Gasteiger partial charge in [-0.25, -0.2) is 10.0 Å². The predicted octanol–water partition coefficient (Wildman–Crippen LogP) is 1.82. The average Bonchev–Trinajstić information content (AvgIpc) is 3.07. The zero-order chi connectivity index (χ0) is 12.3. The molecule has 1 saturated heterocycles. The molecule has 2 fully saturated rings. The molecule has 18 heavy (non-hydrogen) atoms. The summed E-state index contributed by atoms with van der Waals surface area (Å²) in [5.41, 5.74) is 1.09. The Balaban J connectivity index is 1.69. The molecule has 1 aromatic rings. The Kier molecular flexibility index (Phi) is 1.95. The molecule has 3 aliphatic rings. The van der Waals surface area contributed by atoms with Crippen molar-refractivity contribution in [3.63, 3.8) is 0 Å². The van der Waals surface area contributed by atoms with Crippen molar-refractivity contribution in [3.8, 4) is 0 Å². The first-order valence-electron chi connectivity index (χ1n) is 6.55. The van der Waals surface area contributed by atoms with Gasteiger partial charge in [-0.3, -0.25) is 9.59 Å². The molecule has 0 spiro atoms. The maximum atomic E-state index is 12.3. The lowest BCUT2D eigenvalue weighted by Crippen LogP contribution is -2.37. The molecule has 4 heteroatoms. The molecule has 0 N–H and O–H groups in total. The van der Waals surface area contributed by atoms with E-state index in [1.165, 1.54) is 17.9 Å². The number of nitrogens with zero attached hydrogens (tertiary/aromatic N) is 2. The van der Waals surface area contributed by atoms with E-state index in [4.69, 9.17) is 0 Å². The van der Waals surface area contributed by atoms with Crippen molar-refractivity contribution in [3.05, 3.63) is 35.4 Å². The molecular formula is C14H14N2O2. The molecule has 0 aromatic heterocycles. The van der Waals surface area contributed by atoms with Gasteiger partial charge in [-0.15, -0.1) is 0 Å². The fraction of sp³-hybridized carbons (Fsp3) is 0.429. The van der Waals surface area contributed by atoms with Gasteiger partial charge in [-0.05, 0) is 25.0 Å². The smallest absolute Gasteiger partial charge is 0.267 e. The lowest BCUT2D eigenvalue weighted by Gasteiger charge is -2.15. The van der Waals surface area contributed by atoms with Crippen molar-refractivity contribution >= 4 is 11.8 Å². The molecular weight excluding hydrogens is 228 g/mol. The molecule has 2 atom stereocenters. The highest BCUT2D eigenvalue weighted by molar-refractivity contribution is 6.21. The Labute approximate surface area is 105 Å². The van der Waals surface area contributed by atoms with E-state index in [9.17, 15) is 9.59 Å². The van der Waals surface area contributed by atoms with Gasteiger partial charge in [-0.2, -0.15) is 0 Å². The number of hydrazine groups is 1. The monoisotopic (exact) mass is 242 g/mol. The molecule has 1 aliphatic carbocycles. The molecule has 2 amide bonds. The van der Waals surface area contributed by atoms with Crippen LogP contribution < -0.4 is 0 Å². The van der Waals surface area contributed by atoms with Crippen molar-refractivity contribution < 1.29 is 9.59 Å². The summed E-state index contributed by atoms with van der Waals surface area (Å²) >= 11 is 0. The van der Waals surface area contributed by atoms with E-state index < -0.39 is 0 Å². The number of hydrogen-bond acceptors (Lipinski definition) is 3. The van der Waals surface area contributed by atoms with Crippen LogP contribution in [0.3, 0.4) is 0 Å². The number of fused-ring (bicyclic) bond motifs is 2. The summed E-state index contributed by atoms with van der Waals surface area (Å²) in [5.74, 6) is -0.296. The molecule has 4 nitrogen and oxygen atoms in total. The summed E-state index contributed by atoms with van der Waals surface area (Å²) in [5, 5.41) is 3.38. The van der Waals surface area contributed by atoms with E-state index in [1.54, 1.807) is 12.1 Å². The zero-order valence-corrected chi connectivity index (χ0v) is 10.0. The normalized spacial score (nSPS) is 33.3. The highest BCUT2D eigenvalue weighted by Crippen LogP contribution is 2.44. The highest BCUT2D eigenvalue weighted by atomic mass is 16.2. The number of rotatable bonds is 1. The first kappa shape index (κ1) is 10.3. The van der Waals surface area contributed by atoms with Gasteiger partial charge in [0.1, 0.15) is 0 Å². The number of benzene rings is 1. The minimum atomic E-state index is -0.148. The van der Waals surface area contributed by atoms with E-state index in [2.05, 4.69) is 0 Å². The van der Waals surface area contributed by atoms with E-state index >= 15 is 0 Å². The standard InChI is InChI=1S/C14H14N2O2/c17-13-9-5-1-2-6-10(9)14(18)16(13)15-11-7-3-4-8-12(11)15/h1-2,5-6,11-12H,3-4,7-8H2/t11-,12-/m0/s1. The third-order valence-corrected chi connectivity index (χ3v) is 4.29. The quantitative estimate of drug-likeness (QED) is 0.557. The Morgan fingerprint density at radius 3 is 1.89 bits per heavy atom. The van der Waals surface area contributed by atoms with Crippen molar-refractivity contribution in [2.24, 2.45) is 0 Å². The van der Waals surface area contributed by atoms with Gasteiger partial charge in [-0.1, -0.05) is 25.0 Å². The number of imide groups is 1. The lowest BCUT2D eigenvalue weighted by atomic mass is 10.0. The topological polar surface area (TPSA) is 40.4 Å². The summed E-state index contributed by atoms with van der Waals surface area (Å²) in [6, 6.07) is 7.93. The summed E-state index contributed by atoms with van der Waals surface area (Å²) in [6.45, 7) is 0. The van der Waals surface area contributed by atoms with E-state index in [1.807, 2.05) is 17.1 Å². The molecule has 0 unspecified atom stereocenters. The maximum absolute atomic E-state index is 12.3. The van der Waals surface area contributed by atoms with E-state index in [0.717, 1.165) is 12.8 Å². The fourth-order valence-corrected chi connectivity index (χ4v) is 3.36. The Bertz CT molecular complexity index is 507. The number of carbonyl (C=O) groups excluding carboxylic acids is 2. The average molecular weight is 242 g/mol. The lowest BCUT2D eigenvalue weighted by molar-refractivity contribution is 0.0343. The van der Waals surface area contributed by atoms with Crippen molar-refractivity contribution in [2.45, 2.75) is 37.8 Å². The summed E-state index contributed by atoms with van der Waals surface area (Å²) < 4.78 is 0. The van der Waals surface area contributed by atoms with Crippen LogP contribution in [0, 0.1) is 0 Å². The van der Waals surface area contributed by atoms with Crippen LogP contribution >= 0.6 is 0 Å². The number of amides is 2. The van der Waals surface area contributed by atoms with Crippen LogP contribution in [0.4, 0.5) is 0 Å². The highest BCUT2D eigenvalue weighted by Gasteiger charge is 2.57. The second kappa shape index (κ2) is 3.42. The summed E-state index contributed by atoms with van der Waals surface area (Å²) in [7, 11) is 0. The Morgan fingerprint density at radius 1 is 0.889 bits per heavy atom. The van der Waals surface area contributed by atoms with Gasteiger partial charge in [0, 0.05) is 12.1 Å². The molecule has 2 aliphatic heterocycles. The molecule has 0 bridgehead atoms. The summed E-state index contributed by atoms with van der Waals surface area (Å²) in [6.07, 6.45) is 4.64. The summed E-state index contributed by atoms with van der Waals surface area (Å²) in [4.78, 5) is 24.6. The van der Waals surface area contributed by atoms with Crippen LogP contribution in [0.25, 0.3) is 0 Å².